The lowest BCUT2D eigenvalue weighted by Crippen LogP contribution is -2.50. The molecule has 0 saturated carbocycles. The first-order valence-electron chi connectivity index (χ1n) is 6.24. The Hall–Kier alpha value is -0.120. The van der Waals surface area contributed by atoms with Gasteiger partial charge in [0.25, 0.3) is 0 Å². The molecular weight excluding hydrogens is 188 g/mol. The van der Waals surface area contributed by atoms with Crippen molar-refractivity contribution in [3.05, 3.63) is 0 Å². The second kappa shape index (κ2) is 6.46. The molecule has 90 valence electrons. The van der Waals surface area contributed by atoms with Crippen LogP contribution in [0.1, 0.15) is 27.2 Å². The predicted octanol–water partition coefficient (Wildman–Crippen LogP) is 1.03. The van der Waals surface area contributed by atoms with Crippen LogP contribution in [0.2, 0.25) is 0 Å². The highest BCUT2D eigenvalue weighted by molar-refractivity contribution is 4.76. The molecule has 1 aliphatic heterocycles. The van der Waals surface area contributed by atoms with Gasteiger partial charge in [-0.15, -0.1) is 0 Å². The molecule has 0 aliphatic carbocycles. The SMILES string of the molecule is CCC(C)N1CCN(CC(C)CO)CC1. The van der Waals surface area contributed by atoms with Crippen LogP contribution in [0.4, 0.5) is 0 Å². The summed E-state index contributed by atoms with van der Waals surface area (Å²) >= 11 is 0. The van der Waals surface area contributed by atoms with E-state index in [0.29, 0.717) is 12.5 Å². The average molecular weight is 214 g/mol. The highest BCUT2D eigenvalue weighted by Crippen LogP contribution is 2.09. The fraction of sp³-hybridized carbons (Fsp3) is 1.00. The molecule has 0 radical (unpaired) electrons. The van der Waals surface area contributed by atoms with Crippen LogP contribution in [-0.4, -0.2) is 60.3 Å². The van der Waals surface area contributed by atoms with Gasteiger partial charge in [0.15, 0.2) is 0 Å². The Kier molecular flexibility index (Phi) is 5.58. The lowest BCUT2D eigenvalue weighted by atomic mass is 10.1. The summed E-state index contributed by atoms with van der Waals surface area (Å²) in [6, 6.07) is 0.724. The van der Waals surface area contributed by atoms with Gasteiger partial charge in [0.2, 0.25) is 0 Å². The Bertz CT molecular complexity index is 167. The summed E-state index contributed by atoms with van der Waals surface area (Å²) in [5, 5.41) is 9.01. The Morgan fingerprint density at radius 2 is 1.73 bits per heavy atom. The van der Waals surface area contributed by atoms with E-state index in [9.17, 15) is 0 Å². The number of piperazine rings is 1. The second-order valence-corrected chi connectivity index (χ2v) is 4.88. The molecule has 3 heteroatoms. The van der Waals surface area contributed by atoms with Gasteiger partial charge in [-0.05, 0) is 19.3 Å². The van der Waals surface area contributed by atoms with Gasteiger partial charge in [-0.25, -0.2) is 0 Å². The van der Waals surface area contributed by atoms with E-state index in [1.165, 1.54) is 19.5 Å². The number of aliphatic hydroxyl groups excluding tert-OH is 1. The van der Waals surface area contributed by atoms with Gasteiger partial charge >= 0.3 is 0 Å². The second-order valence-electron chi connectivity index (χ2n) is 4.88. The Morgan fingerprint density at radius 3 is 2.20 bits per heavy atom. The summed E-state index contributed by atoms with van der Waals surface area (Å²) < 4.78 is 0. The monoisotopic (exact) mass is 214 g/mol. The van der Waals surface area contributed by atoms with Gasteiger partial charge in [-0.3, -0.25) is 4.90 Å². The first-order chi connectivity index (χ1) is 7.17. The summed E-state index contributed by atoms with van der Waals surface area (Å²) in [6.07, 6.45) is 1.24. The van der Waals surface area contributed by atoms with Crippen molar-refractivity contribution in [3.8, 4) is 0 Å². The summed E-state index contributed by atoms with van der Waals surface area (Å²) in [7, 11) is 0. The smallest absolute Gasteiger partial charge is 0.0468 e. The van der Waals surface area contributed by atoms with E-state index in [4.69, 9.17) is 5.11 Å². The molecular formula is C12H26N2O. The zero-order valence-electron chi connectivity index (χ0n) is 10.4. The molecule has 0 spiro atoms. The van der Waals surface area contributed by atoms with Gasteiger partial charge in [0, 0.05) is 45.4 Å². The molecule has 15 heavy (non-hydrogen) atoms. The lowest BCUT2D eigenvalue weighted by Gasteiger charge is -2.38. The quantitative estimate of drug-likeness (QED) is 0.740. The first kappa shape index (κ1) is 12.9. The van der Waals surface area contributed by atoms with E-state index in [1.807, 2.05) is 0 Å². The minimum Gasteiger partial charge on any atom is -0.396 e. The molecule has 0 aromatic rings. The van der Waals surface area contributed by atoms with Crippen LogP contribution in [0.3, 0.4) is 0 Å². The average Bonchev–Trinajstić information content (AvgIpc) is 2.29. The van der Waals surface area contributed by atoms with Crippen molar-refractivity contribution in [2.75, 3.05) is 39.3 Å². The topological polar surface area (TPSA) is 26.7 Å². The molecule has 0 aromatic carbocycles. The van der Waals surface area contributed by atoms with E-state index >= 15 is 0 Å². The zero-order chi connectivity index (χ0) is 11.3. The number of aliphatic hydroxyl groups is 1. The van der Waals surface area contributed by atoms with Crippen molar-refractivity contribution >= 4 is 0 Å². The van der Waals surface area contributed by atoms with E-state index in [2.05, 4.69) is 30.6 Å². The summed E-state index contributed by atoms with van der Waals surface area (Å²) in [5.74, 6) is 0.417. The fourth-order valence-electron chi connectivity index (χ4n) is 2.14. The van der Waals surface area contributed by atoms with Gasteiger partial charge < -0.3 is 10.0 Å². The highest BCUT2D eigenvalue weighted by atomic mass is 16.3. The highest BCUT2D eigenvalue weighted by Gasteiger charge is 2.20. The lowest BCUT2D eigenvalue weighted by molar-refractivity contribution is 0.0824. The van der Waals surface area contributed by atoms with Crippen LogP contribution in [0.15, 0.2) is 0 Å². The molecule has 1 aliphatic rings. The molecule has 1 N–H and O–H groups in total. The van der Waals surface area contributed by atoms with Crippen LogP contribution >= 0.6 is 0 Å². The van der Waals surface area contributed by atoms with Crippen molar-refractivity contribution < 1.29 is 5.11 Å². The fourth-order valence-corrected chi connectivity index (χ4v) is 2.14. The summed E-state index contributed by atoms with van der Waals surface area (Å²) in [6.45, 7) is 12.7. The number of hydrogen-bond acceptors (Lipinski definition) is 3. The van der Waals surface area contributed by atoms with Crippen LogP contribution in [0.25, 0.3) is 0 Å². The van der Waals surface area contributed by atoms with Crippen LogP contribution < -0.4 is 0 Å². The van der Waals surface area contributed by atoms with E-state index in [0.717, 1.165) is 25.7 Å². The third-order valence-corrected chi connectivity index (χ3v) is 3.50. The molecule has 2 atom stereocenters. The maximum Gasteiger partial charge on any atom is 0.0468 e. The molecule has 1 heterocycles. The van der Waals surface area contributed by atoms with E-state index in [-0.39, 0.29) is 0 Å². The van der Waals surface area contributed by atoms with E-state index in [1.54, 1.807) is 0 Å². The molecule has 1 saturated heterocycles. The number of nitrogens with zero attached hydrogens (tertiary/aromatic N) is 2. The van der Waals surface area contributed by atoms with Gasteiger partial charge in [-0.1, -0.05) is 13.8 Å². The Balaban J connectivity index is 2.23. The minimum atomic E-state index is 0.311. The first-order valence-corrected chi connectivity index (χ1v) is 6.24. The van der Waals surface area contributed by atoms with Crippen LogP contribution in [-0.2, 0) is 0 Å². The summed E-state index contributed by atoms with van der Waals surface area (Å²) in [5.41, 5.74) is 0. The van der Waals surface area contributed by atoms with Crippen LogP contribution in [0.5, 0.6) is 0 Å². The number of hydrogen-bond donors (Lipinski definition) is 1. The minimum absolute atomic E-state index is 0.311. The zero-order valence-corrected chi connectivity index (χ0v) is 10.4. The third kappa shape index (κ3) is 4.09. The van der Waals surface area contributed by atoms with Crippen LogP contribution in [0, 0.1) is 5.92 Å². The van der Waals surface area contributed by atoms with Gasteiger partial charge in [0.05, 0.1) is 0 Å². The van der Waals surface area contributed by atoms with Crippen molar-refractivity contribution in [3.63, 3.8) is 0 Å². The maximum atomic E-state index is 9.01. The maximum absolute atomic E-state index is 9.01. The molecule has 2 unspecified atom stereocenters. The normalized spacial score (nSPS) is 24.0. The Labute approximate surface area is 94.1 Å². The molecule has 0 bridgehead atoms. The molecule has 1 fully saturated rings. The Morgan fingerprint density at radius 1 is 1.13 bits per heavy atom. The third-order valence-electron chi connectivity index (χ3n) is 3.50. The summed E-state index contributed by atoms with van der Waals surface area (Å²) in [4.78, 5) is 5.04. The molecule has 3 nitrogen and oxygen atoms in total. The standard InChI is InChI=1S/C12H26N2O/c1-4-12(3)14-7-5-13(6-8-14)9-11(2)10-15/h11-12,15H,4-10H2,1-3H3. The van der Waals surface area contributed by atoms with Gasteiger partial charge in [-0.2, -0.15) is 0 Å². The predicted molar refractivity (Wildman–Crippen MR) is 64.0 cm³/mol. The molecule has 0 amide bonds. The number of rotatable bonds is 5. The van der Waals surface area contributed by atoms with Gasteiger partial charge in [0.1, 0.15) is 0 Å². The van der Waals surface area contributed by atoms with Crippen molar-refractivity contribution in [1.29, 1.82) is 0 Å². The van der Waals surface area contributed by atoms with Crippen molar-refractivity contribution in [2.24, 2.45) is 5.92 Å². The molecule has 0 aromatic heterocycles. The van der Waals surface area contributed by atoms with Crippen molar-refractivity contribution in [2.45, 2.75) is 33.2 Å². The van der Waals surface area contributed by atoms with Crippen molar-refractivity contribution in [1.82, 2.24) is 9.80 Å². The van der Waals surface area contributed by atoms with E-state index < -0.39 is 0 Å². The molecule has 1 rings (SSSR count). The largest absolute Gasteiger partial charge is 0.396 e.